The molecule has 0 saturated heterocycles. The van der Waals surface area contributed by atoms with Crippen LogP contribution in [0.4, 0.5) is 0 Å². The fourth-order valence-corrected chi connectivity index (χ4v) is 4.29. The van der Waals surface area contributed by atoms with Gasteiger partial charge in [-0.2, -0.15) is 0 Å². The molecule has 0 amide bonds. The average molecular weight is 329 g/mol. The van der Waals surface area contributed by atoms with E-state index in [-0.39, 0.29) is 11.9 Å². The normalized spacial score (nSPS) is 16.4. The molecule has 3 rings (SSSR count). The summed E-state index contributed by atoms with van der Waals surface area (Å²) >= 11 is 1.94. The lowest BCUT2D eigenvalue weighted by Crippen LogP contribution is -2.15. The van der Waals surface area contributed by atoms with Gasteiger partial charge in [-0.3, -0.25) is 0 Å². The molecule has 1 atom stereocenters. The molecule has 1 aliphatic rings. The molecule has 2 aromatic carbocycles. The van der Waals surface area contributed by atoms with Crippen molar-refractivity contribution in [1.29, 1.82) is 0 Å². The van der Waals surface area contributed by atoms with E-state index >= 15 is 0 Å². The number of aliphatic hydroxyl groups is 1. The van der Waals surface area contributed by atoms with E-state index in [4.69, 9.17) is 4.74 Å². The number of nitrogens with zero attached hydrogens (tertiary/aromatic N) is 1. The predicted octanol–water partition coefficient (Wildman–Crippen LogP) is 3.46. The fraction of sp³-hybridized carbons (Fsp3) is 0.368. The quantitative estimate of drug-likeness (QED) is 0.911. The Morgan fingerprint density at radius 1 is 1.17 bits per heavy atom. The van der Waals surface area contributed by atoms with Crippen LogP contribution in [0.5, 0.6) is 5.75 Å². The molecule has 3 nitrogen and oxygen atoms in total. The monoisotopic (exact) mass is 329 g/mol. The Bertz CT molecular complexity index is 672. The molecule has 0 spiro atoms. The molecule has 0 aromatic heterocycles. The van der Waals surface area contributed by atoms with Crippen LogP contribution in [0.2, 0.25) is 0 Å². The number of rotatable bonds is 5. The topological polar surface area (TPSA) is 32.7 Å². The molecule has 0 aliphatic carbocycles. The number of hydrogen-bond acceptors (Lipinski definition) is 4. The first-order valence-electron chi connectivity index (χ1n) is 7.89. The molecular weight excluding hydrogens is 306 g/mol. The third-order valence-corrected chi connectivity index (χ3v) is 5.34. The van der Waals surface area contributed by atoms with Gasteiger partial charge >= 0.3 is 0 Å². The number of ether oxygens (including phenoxy) is 1. The van der Waals surface area contributed by atoms with Crippen molar-refractivity contribution in [2.75, 3.05) is 26.4 Å². The van der Waals surface area contributed by atoms with Crippen molar-refractivity contribution < 1.29 is 9.84 Å². The molecule has 0 bridgehead atoms. The molecule has 1 aliphatic heterocycles. The standard InChI is InChI=1S/C19H23NO2S/c1-20(2)9-10-23-19-16-6-4-3-5-15(16)13-22-18-8-7-14(12-21)11-17(18)19/h3-8,11,19,21H,9-10,12-13H2,1-2H3. The fourth-order valence-electron chi connectivity index (χ4n) is 2.81. The second kappa shape index (κ2) is 7.39. The van der Waals surface area contributed by atoms with Crippen molar-refractivity contribution in [3.8, 4) is 5.75 Å². The molecule has 0 fully saturated rings. The summed E-state index contributed by atoms with van der Waals surface area (Å²) in [5.41, 5.74) is 4.68. The highest BCUT2D eigenvalue weighted by atomic mass is 32.2. The highest BCUT2D eigenvalue weighted by Gasteiger charge is 2.25. The molecule has 23 heavy (non-hydrogen) atoms. The van der Waals surface area contributed by atoms with Gasteiger partial charge < -0.3 is 14.7 Å². The third kappa shape index (κ3) is 3.71. The van der Waals surface area contributed by atoms with E-state index in [1.807, 2.05) is 23.9 Å². The zero-order chi connectivity index (χ0) is 16.2. The van der Waals surface area contributed by atoms with E-state index in [0.717, 1.165) is 23.6 Å². The zero-order valence-electron chi connectivity index (χ0n) is 13.7. The average Bonchev–Trinajstić information content (AvgIpc) is 2.71. The van der Waals surface area contributed by atoms with E-state index in [1.54, 1.807) is 0 Å². The molecule has 0 radical (unpaired) electrons. The molecule has 1 N–H and O–H groups in total. The van der Waals surface area contributed by atoms with Gasteiger partial charge in [0.15, 0.2) is 0 Å². The first kappa shape index (κ1) is 16.4. The van der Waals surface area contributed by atoms with Crippen LogP contribution in [0.1, 0.15) is 27.5 Å². The number of hydrogen-bond donors (Lipinski definition) is 1. The molecule has 0 saturated carbocycles. The second-order valence-corrected chi connectivity index (χ2v) is 7.28. The summed E-state index contributed by atoms with van der Waals surface area (Å²) in [5, 5.41) is 9.73. The Labute approximate surface area is 142 Å². The van der Waals surface area contributed by atoms with E-state index < -0.39 is 0 Å². The van der Waals surface area contributed by atoms with Crippen LogP contribution < -0.4 is 4.74 Å². The van der Waals surface area contributed by atoms with Crippen LogP contribution in [-0.4, -0.2) is 36.4 Å². The van der Waals surface area contributed by atoms with Gasteiger partial charge in [0.05, 0.1) is 11.9 Å². The summed E-state index contributed by atoms with van der Waals surface area (Å²) in [5.74, 6) is 1.98. The van der Waals surface area contributed by atoms with Gasteiger partial charge in [-0.25, -0.2) is 0 Å². The lowest BCUT2D eigenvalue weighted by atomic mass is 9.99. The molecular formula is C19H23NO2S. The van der Waals surface area contributed by atoms with Crippen LogP contribution in [0.15, 0.2) is 42.5 Å². The van der Waals surface area contributed by atoms with E-state index in [0.29, 0.717) is 6.61 Å². The molecule has 4 heteroatoms. The molecule has 122 valence electrons. The molecule has 2 aromatic rings. The number of thioether (sulfide) groups is 1. The maximum absolute atomic E-state index is 9.49. The van der Waals surface area contributed by atoms with Crippen LogP contribution in [0, 0.1) is 0 Å². The first-order valence-corrected chi connectivity index (χ1v) is 8.94. The van der Waals surface area contributed by atoms with Crippen molar-refractivity contribution in [1.82, 2.24) is 4.90 Å². The molecule has 1 heterocycles. The summed E-state index contributed by atoms with van der Waals surface area (Å²) in [6.07, 6.45) is 0. The van der Waals surface area contributed by atoms with Gasteiger partial charge in [0.25, 0.3) is 0 Å². The maximum atomic E-state index is 9.49. The van der Waals surface area contributed by atoms with Crippen LogP contribution in [0.25, 0.3) is 0 Å². The lowest BCUT2D eigenvalue weighted by Gasteiger charge is -2.20. The van der Waals surface area contributed by atoms with Crippen LogP contribution in [-0.2, 0) is 13.2 Å². The van der Waals surface area contributed by atoms with Crippen molar-refractivity contribution in [2.45, 2.75) is 18.5 Å². The lowest BCUT2D eigenvalue weighted by molar-refractivity contribution is 0.280. The predicted molar refractivity (Wildman–Crippen MR) is 96.0 cm³/mol. The van der Waals surface area contributed by atoms with Gasteiger partial charge in [0.1, 0.15) is 12.4 Å². The minimum atomic E-state index is 0.0595. The summed E-state index contributed by atoms with van der Waals surface area (Å²) in [6.45, 7) is 1.70. The summed E-state index contributed by atoms with van der Waals surface area (Å²) in [6, 6.07) is 14.5. The highest BCUT2D eigenvalue weighted by Crippen LogP contribution is 2.44. The van der Waals surface area contributed by atoms with Crippen LogP contribution in [0.3, 0.4) is 0 Å². The van der Waals surface area contributed by atoms with Gasteiger partial charge in [-0.15, -0.1) is 11.8 Å². The van der Waals surface area contributed by atoms with Crippen molar-refractivity contribution in [3.05, 3.63) is 64.7 Å². The largest absolute Gasteiger partial charge is 0.489 e. The Balaban J connectivity index is 1.99. The van der Waals surface area contributed by atoms with Gasteiger partial charge in [0, 0.05) is 17.9 Å². The van der Waals surface area contributed by atoms with Gasteiger partial charge in [0.2, 0.25) is 0 Å². The minimum Gasteiger partial charge on any atom is -0.489 e. The smallest absolute Gasteiger partial charge is 0.124 e. The Kier molecular flexibility index (Phi) is 5.26. The number of fused-ring (bicyclic) bond motifs is 2. The third-order valence-electron chi connectivity index (χ3n) is 4.08. The van der Waals surface area contributed by atoms with Gasteiger partial charge in [-0.1, -0.05) is 30.3 Å². The zero-order valence-corrected chi connectivity index (χ0v) is 14.5. The SMILES string of the molecule is CN(C)CCSC1c2ccccc2COc2ccc(CO)cc21. The molecule has 1 unspecified atom stereocenters. The second-order valence-electron chi connectivity index (χ2n) is 6.07. The Hall–Kier alpha value is -1.49. The minimum absolute atomic E-state index is 0.0595. The maximum Gasteiger partial charge on any atom is 0.124 e. The van der Waals surface area contributed by atoms with E-state index in [1.165, 1.54) is 16.7 Å². The Morgan fingerprint density at radius 3 is 2.78 bits per heavy atom. The number of aliphatic hydroxyl groups excluding tert-OH is 1. The van der Waals surface area contributed by atoms with E-state index in [9.17, 15) is 5.11 Å². The first-order chi connectivity index (χ1) is 11.2. The van der Waals surface area contributed by atoms with Crippen LogP contribution >= 0.6 is 11.8 Å². The highest BCUT2D eigenvalue weighted by molar-refractivity contribution is 7.99. The Morgan fingerprint density at radius 2 is 2.00 bits per heavy atom. The van der Waals surface area contributed by atoms with Gasteiger partial charge in [-0.05, 0) is 42.9 Å². The number of benzene rings is 2. The van der Waals surface area contributed by atoms with E-state index in [2.05, 4.69) is 49.3 Å². The van der Waals surface area contributed by atoms with Crippen molar-refractivity contribution >= 4 is 11.8 Å². The summed E-state index contributed by atoms with van der Waals surface area (Å²) in [4.78, 5) is 2.21. The van der Waals surface area contributed by atoms with Crippen molar-refractivity contribution in [2.24, 2.45) is 0 Å². The summed E-state index contributed by atoms with van der Waals surface area (Å²) in [7, 11) is 4.20. The van der Waals surface area contributed by atoms with Crippen molar-refractivity contribution in [3.63, 3.8) is 0 Å². The summed E-state index contributed by atoms with van der Waals surface area (Å²) < 4.78 is 6.03.